The molecule has 1 aromatic carbocycles. The number of nitrogens with zero attached hydrogens (tertiary/aromatic N) is 3. The molecular weight excluding hydrogens is 395 g/mol. The largest absolute Gasteiger partial charge is 0.436 e. The number of hydrogen-bond donors (Lipinski definition) is 1. The van der Waals surface area contributed by atoms with Crippen molar-refractivity contribution in [1.29, 1.82) is 0 Å². The van der Waals surface area contributed by atoms with Gasteiger partial charge in [-0.05, 0) is 30.9 Å². The van der Waals surface area contributed by atoms with Crippen molar-refractivity contribution in [3.63, 3.8) is 0 Å². The maximum atomic E-state index is 15.4. The van der Waals surface area contributed by atoms with Gasteiger partial charge in [0.1, 0.15) is 5.82 Å². The molecule has 1 fully saturated rings. The number of rotatable bonds is 5. The molecule has 0 spiro atoms. The van der Waals surface area contributed by atoms with Gasteiger partial charge in [-0.3, -0.25) is 4.98 Å². The number of nitrogen functional groups attached to an aromatic ring is 1. The van der Waals surface area contributed by atoms with Crippen LogP contribution >= 0.6 is 0 Å². The summed E-state index contributed by atoms with van der Waals surface area (Å²) in [6.07, 6.45) is 8.05. The second-order valence-corrected chi connectivity index (χ2v) is 9.02. The van der Waals surface area contributed by atoms with Crippen LogP contribution in [0.1, 0.15) is 30.7 Å². The minimum absolute atomic E-state index is 0.0652. The molecule has 4 rings (SSSR count). The molecule has 1 aliphatic rings. The van der Waals surface area contributed by atoms with E-state index < -0.39 is 15.7 Å². The topological polar surface area (TPSA) is 108 Å². The quantitative estimate of drug-likeness (QED) is 0.678. The fourth-order valence-electron chi connectivity index (χ4n) is 3.14. The second-order valence-electron chi connectivity index (χ2n) is 7.01. The molecule has 150 valence electrons. The van der Waals surface area contributed by atoms with Crippen LogP contribution in [0.25, 0.3) is 11.3 Å². The van der Waals surface area contributed by atoms with Gasteiger partial charge in [0.05, 0.1) is 23.0 Å². The molecule has 0 radical (unpaired) electrons. The van der Waals surface area contributed by atoms with E-state index in [2.05, 4.69) is 15.0 Å². The van der Waals surface area contributed by atoms with Gasteiger partial charge in [0.2, 0.25) is 5.88 Å². The zero-order chi connectivity index (χ0) is 20.6. The van der Waals surface area contributed by atoms with Gasteiger partial charge in [-0.1, -0.05) is 12.5 Å². The van der Waals surface area contributed by atoms with Crippen molar-refractivity contribution in [1.82, 2.24) is 15.0 Å². The summed E-state index contributed by atoms with van der Waals surface area (Å²) in [5.74, 6) is 0.0681. The first-order valence-electron chi connectivity index (χ1n) is 9.07. The molecule has 29 heavy (non-hydrogen) atoms. The molecule has 0 saturated heterocycles. The predicted molar refractivity (Wildman–Crippen MR) is 106 cm³/mol. The van der Waals surface area contributed by atoms with E-state index in [9.17, 15) is 8.42 Å². The van der Waals surface area contributed by atoms with Crippen LogP contribution in [0.15, 0.2) is 47.8 Å². The summed E-state index contributed by atoms with van der Waals surface area (Å²) in [5, 5.41) is 0. The van der Waals surface area contributed by atoms with Crippen LogP contribution in [0.5, 0.6) is 11.6 Å². The molecule has 1 saturated carbocycles. The average Bonchev–Trinajstić information content (AvgIpc) is 2.64. The maximum Gasteiger partial charge on any atom is 0.219 e. The zero-order valence-electron chi connectivity index (χ0n) is 15.7. The van der Waals surface area contributed by atoms with Crippen molar-refractivity contribution in [3.8, 4) is 22.9 Å². The summed E-state index contributed by atoms with van der Waals surface area (Å²) in [7, 11) is -3.38. The molecule has 0 atom stereocenters. The molecule has 1 aliphatic carbocycles. The number of anilines is 1. The monoisotopic (exact) mass is 414 g/mol. The Balaban J connectivity index is 1.75. The van der Waals surface area contributed by atoms with Crippen LogP contribution in [0.2, 0.25) is 0 Å². The predicted octanol–water partition coefficient (Wildman–Crippen LogP) is 3.72. The number of aromatic nitrogens is 3. The van der Waals surface area contributed by atoms with E-state index in [0.717, 1.165) is 31.1 Å². The summed E-state index contributed by atoms with van der Waals surface area (Å²) < 4.78 is 44.5. The van der Waals surface area contributed by atoms with Gasteiger partial charge in [-0.15, -0.1) is 0 Å². The third-order valence-electron chi connectivity index (χ3n) is 4.96. The Morgan fingerprint density at radius 2 is 1.86 bits per heavy atom. The molecule has 3 aromatic rings. The molecule has 0 unspecified atom stereocenters. The van der Waals surface area contributed by atoms with E-state index in [1.54, 1.807) is 6.07 Å². The molecular formula is C20H19FN4O3S. The lowest BCUT2D eigenvalue weighted by atomic mass is 9.79. The summed E-state index contributed by atoms with van der Waals surface area (Å²) in [6.45, 7) is 0. The van der Waals surface area contributed by atoms with Crippen LogP contribution in [0.4, 0.5) is 10.2 Å². The average molecular weight is 414 g/mol. The van der Waals surface area contributed by atoms with E-state index >= 15 is 4.39 Å². The van der Waals surface area contributed by atoms with E-state index in [1.165, 1.54) is 30.7 Å². The Bertz CT molecular complexity index is 1150. The number of pyridine rings is 1. The number of benzene rings is 1. The first-order chi connectivity index (χ1) is 13.8. The summed E-state index contributed by atoms with van der Waals surface area (Å²) in [5.41, 5.74) is 6.90. The number of ether oxygens (including phenoxy) is 1. The number of halogens is 1. The molecule has 0 amide bonds. The summed E-state index contributed by atoms with van der Waals surface area (Å²) in [4.78, 5) is 12.2. The second kappa shape index (κ2) is 7.40. The Morgan fingerprint density at radius 1 is 1.07 bits per heavy atom. The van der Waals surface area contributed by atoms with Crippen molar-refractivity contribution in [2.24, 2.45) is 0 Å². The van der Waals surface area contributed by atoms with E-state index in [0.29, 0.717) is 5.69 Å². The molecule has 2 heterocycles. The van der Waals surface area contributed by atoms with E-state index in [4.69, 9.17) is 10.5 Å². The lowest BCUT2D eigenvalue weighted by molar-refractivity contribution is 0.378. The van der Waals surface area contributed by atoms with Gasteiger partial charge >= 0.3 is 0 Å². The van der Waals surface area contributed by atoms with Gasteiger partial charge in [-0.25, -0.2) is 22.8 Å². The normalized spacial score (nSPS) is 14.4. The molecule has 0 bridgehead atoms. The number of sulfone groups is 1. The van der Waals surface area contributed by atoms with Crippen LogP contribution < -0.4 is 10.5 Å². The maximum absolute atomic E-state index is 15.4. The smallest absolute Gasteiger partial charge is 0.219 e. The van der Waals surface area contributed by atoms with Crippen molar-refractivity contribution >= 4 is 15.7 Å². The first kappa shape index (κ1) is 19.3. The zero-order valence-corrected chi connectivity index (χ0v) is 16.5. The number of nitrogens with two attached hydrogens (primary N) is 1. The lowest BCUT2D eigenvalue weighted by Crippen LogP contribution is -2.11. The molecule has 0 aliphatic heterocycles. The summed E-state index contributed by atoms with van der Waals surface area (Å²) in [6, 6.07) is 6.29. The standard InChI is InChI=1S/C20H19FN4O3S/c1-29(26,27)13-5-8-18(25-9-13)28-20-14(12-3-2-4-12)6-7-15(19(20)21)16-10-24-17(22)11-23-16/h5-12H,2-4H2,1H3,(H2,22,24). The van der Waals surface area contributed by atoms with Crippen LogP contribution in [0.3, 0.4) is 0 Å². The Labute approximate surface area is 167 Å². The van der Waals surface area contributed by atoms with Gasteiger partial charge < -0.3 is 10.5 Å². The Kier molecular flexibility index (Phi) is 4.91. The SMILES string of the molecule is CS(=O)(=O)c1ccc(Oc2c(C3CCC3)ccc(-c3cnc(N)cn3)c2F)nc1. The molecule has 9 heteroatoms. The molecule has 7 nitrogen and oxygen atoms in total. The minimum atomic E-state index is -3.38. The van der Waals surface area contributed by atoms with Gasteiger partial charge in [0.15, 0.2) is 21.4 Å². The highest BCUT2D eigenvalue weighted by Gasteiger charge is 2.27. The van der Waals surface area contributed by atoms with Crippen molar-refractivity contribution in [3.05, 3.63) is 54.2 Å². The minimum Gasteiger partial charge on any atom is -0.436 e. The van der Waals surface area contributed by atoms with Gasteiger partial charge in [-0.2, -0.15) is 0 Å². The Morgan fingerprint density at radius 3 is 2.41 bits per heavy atom. The first-order valence-corrected chi connectivity index (χ1v) is 11.0. The third kappa shape index (κ3) is 3.91. The highest BCUT2D eigenvalue weighted by molar-refractivity contribution is 7.90. The van der Waals surface area contributed by atoms with Crippen molar-refractivity contribution in [2.45, 2.75) is 30.1 Å². The fraction of sp³-hybridized carbons (Fsp3) is 0.250. The highest BCUT2D eigenvalue weighted by atomic mass is 32.2. The fourth-order valence-corrected chi connectivity index (χ4v) is 3.70. The van der Waals surface area contributed by atoms with Crippen LogP contribution in [-0.2, 0) is 9.84 Å². The molecule has 2 aromatic heterocycles. The third-order valence-corrected chi connectivity index (χ3v) is 6.06. The number of hydrogen-bond acceptors (Lipinski definition) is 7. The summed E-state index contributed by atoms with van der Waals surface area (Å²) >= 11 is 0. The van der Waals surface area contributed by atoms with Crippen LogP contribution in [0, 0.1) is 5.82 Å². The highest BCUT2D eigenvalue weighted by Crippen LogP contribution is 2.44. The van der Waals surface area contributed by atoms with Crippen molar-refractivity contribution < 1.29 is 17.5 Å². The van der Waals surface area contributed by atoms with Crippen molar-refractivity contribution in [2.75, 3.05) is 12.0 Å². The Hall–Kier alpha value is -3.07. The van der Waals surface area contributed by atoms with Crippen LogP contribution in [-0.4, -0.2) is 29.6 Å². The molecule has 2 N–H and O–H groups in total. The van der Waals surface area contributed by atoms with E-state index in [1.807, 2.05) is 6.07 Å². The van der Waals surface area contributed by atoms with Gasteiger partial charge in [0.25, 0.3) is 0 Å². The van der Waals surface area contributed by atoms with Gasteiger partial charge in [0, 0.05) is 29.6 Å². The van der Waals surface area contributed by atoms with E-state index in [-0.39, 0.29) is 33.8 Å². The lowest BCUT2D eigenvalue weighted by Gasteiger charge is -2.28.